The third kappa shape index (κ3) is 4.47. The number of carbonyl (C=O) groups is 1. The number of benzene rings is 2. The van der Waals surface area contributed by atoms with Gasteiger partial charge in [-0.05, 0) is 49.2 Å². The first-order chi connectivity index (χ1) is 12.6. The molecular formula is C20H18FNO4. The Morgan fingerprint density at radius 1 is 1.08 bits per heavy atom. The number of para-hydroxylation sites is 1. The van der Waals surface area contributed by atoms with E-state index in [1.807, 2.05) is 6.07 Å². The maximum Gasteiger partial charge on any atom is 0.349 e. The van der Waals surface area contributed by atoms with Crippen LogP contribution in [0.2, 0.25) is 0 Å². The van der Waals surface area contributed by atoms with Gasteiger partial charge in [-0.3, -0.25) is 4.79 Å². The summed E-state index contributed by atoms with van der Waals surface area (Å²) in [5.74, 6) is -0.161. The first kappa shape index (κ1) is 17.7. The molecule has 1 amide bonds. The van der Waals surface area contributed by atoms with Gasteiger partial charge in [0, 0.05) is 11.9 Å². The minimum absolute atomic E-state index is 0.00809. The largest absolute Gasteiger partial charge is 0.494 e. The van der Waals surface area contributed by atoms with Crippen molar-refractivity contribution in [1.82, 2.24) is 5.32 Å². The first-order valence-electron chi connectivity index (χ1n) is 8.33. The quantitative estimate of drug-likeness (QED) is 0.520. The zero-order chi connectivity index (χ0) is 18.4. The third-order valence-corrected chi connectivity index (χ3v) is 3.83. The van der Waals surface area contributed by atoms with E-state index in [0.717, 1.165) is 0 Å². The predicted molar refractivity (Wildman–Crippen MR) is 95.9 cm³/mol. The highest BCUT2D eigenvalue weighted by Crippen LogP contribution is 2.13. The number of ether oxygens (including phenoxy) is 1. The van der Waals surface area contributed by atoms with E-state index in [9.17, 15) is 14.0 Å². The van der Waals surface area contributed by atoms with Gasteiger partial charge < -0.3 is 14.5 Å². The lowest BCUT2D eigenvalue weighted by atomic mass is 10.2. The molecule has 3 aromatic rings. The first-order valence-corrected chi connectivity index (χ1v) is 8.33. The molecule has 0 fully saturated rings. The average molecular weight is 355 g/mol. The molecule has 5 nitrogen and oxygen atoms in total. The minimum Gasteiger partial charge on any atom is -0.494 e. The van der Waals surface area contributed by atoms with Gasteiger partial charge in [0.25, 0.3) is 5.91 Å². The van der Waals surface area contributed by atoms with Crippen molar-refractivity contribution in [3.8, 4) is 5.75 Å². The molecule has 134 valence electrons. The van der Waals surface area contributed by atoms with Crippen molar-refractivity contribution in [3.63, 3.8) is 0 Å². The normalized spacial score (nSPS) is 10.7. The van der Waals surface area contributed by atoms with Crippen LogP contribution >= 0.6 is 0 Å². The molecule has 0 bridgehead atoms. The summed E-state index contributed by atoms with van der Waals surface area (Å²) in [6.07, 6.45) is 1.40. The number of halogens is 1. The van der Waals surface area contributed by atoms with E-state index in [-0.39, 0.29) is 11.4 Å². The third-order valence-electron chi connectivity index (χ3n) is 3.83. The fourth-order valence-corrected chi connectivity index (χ4v) is 2.47. The Kier molecular flexibility index (Phi) is 5.63. The van der Waals surface area contributed by atoms with Crippen molar-refractivity contribution >= 4 is 16.9 Å². The average Bonchev–Trinajstić information content (AvgIpc) is 2.65. The van der Waals surface area contributed by atoms with Gasteiger partial charge in [0.2, 0.25) is 0 Å². The van der Waals surface area contributed by atoms with Crippen molar-refractivity contribution in [2.45, 2.75) is 12.8 Å². The zero-order valence-corrected chi connectivity index (χ0v) is 14.0. The molecule has 2 aromatic carbocycles. The standard InChI is InChI=1S/C20H18FNO4/c21-15-7-9-16(10-8-15)25-12-4-3-11-22-19(23)17-13-14-5-1-2-6-18(14)26-20(17)24/h1-2,5-10,13H,3-4,11-12H2,(H,22,23). The molecule has 0 spiro atoms. The van der Waals surface area contributed by atoms with Crippen molar-refractivity contribution in [2.24, 2.45) is 0 Å². The molecule has 0 aliphatic rings. The number of nitrogens with one attached hydrogen (secondary N) is 1. The molecule has 1 heterocycles. The molecule has 0 atom stereocenters. The Hall–Kier alpha value is -3.15. The van der Waals surface area contributed by atoms with Crippen LogP contribution in [0.3, 0.4) is 0 Å². The van der Waals surface area contributed by atoms with E-state index < -0.39 is 11.5 Å². The Bertz CT molecular complexity index is 950. The molecule has 0 aliphatic heterocycles. The van der Waals surface area contributed by atoms with Crippen molar-refractivity contribution in [2.75, 3.05) is 13.2 Å². The predicted octanol–water partition coefficient (Wildman–Crippen LogP) is 3.52. The highest BCUT2D eigenvalue weighted by Gasteiger charge is 2.12. The number of unbranched alkanes of at least 4 members (excludes halogenated alkanes) is 1. The van der Waals surface area contributed by atoms with Crippen molar-refractivity contribution < 1.29 is 18.3 Å². The summed E-state index contributed by atoms with van der Waals surface area (Å²) >= 11 is 0. The summed E-state index contributed by atoms with van der Waals surface area (Å²) in [5.41, 5.74) is -0.209. The topological polar surface area (TPSA) is 68.5 Å². The molecule has 3 rings (SSSR count). The second kappa shape index (κ2) is 8.29. The number of hydrogen-bond acceptors (Lipinski definition) is 4. The molecule has 1 aromatic heterocycles. The van der Waals surface area contributed by atoms with Crippen LogP contribution in [0.1, 0.15) is 23.2 Å². The van der Waals surface area contributed by atoms with E-state index in [4.69, 9.17) is 9.15 Å². The van der Waals surface area contributed by atoms with Crippen LogP contribution < -0.4 is 15.7 Å². The fraction of sp³-hybridized carbons (Fsp3) is 0.200. The van der Waals surface area contributed by atoms with Crippen LogP contribution in [0.15, 0.2) is 63.8 Å². The van der Waals surface area contributed by atoms with E-state index in [0.29, 0.717) is 42.7 Å². The van der Waals surface area contributed by atoms with E-state index in [2.05, 4.69) is 5.32 Å². The second-order valence-electron chi connectivity index (χ2n) is 5.75. The van der Waals surface area contributed by atoms with E-state index >= 15 is 0 Å². The summed E-state index contributed by atoms with van der Waals surface area (Å²) in [6.45, 7) is 0.873. The lowest BCUT2D eigenvalue weighted by Crippen LogP contribution is -2.29. The van der Waals surface area contributed by atoms with Gasteiger partial charge >= 0.3 is 5.63 Å². The fourth-order valence-electron chi connectivity index (χ4n) is 2.47. The zero-order valence-electron chi connectivity index (χ0n) is 14.0. The number of hydrogen-bond donors (Lipinski definition) is 1. The minimum atomic E-state index is -0.652. The molecular weight excluding hydrogens is 337 g/mol. The molecule has 26 heavy (non-hydrogen) atoms. The molecule has 0 saturated carbocycles. The van der Waals surface area contributed by atoms with Crippen LogP contribution in [-0.4, -0.2) is 19.1 Å². The van der Waals surface area contributed by atoms with E-state index in [1.54, 1.807) is 30.3 Å². The van der Waals surface area contributed by atoms with Gasteiger partial charge in [0.15, 0.2) is 0 Å². The number of rotatable bonds is 7. The van der Waals surface area contributed by atoms with Crippen molar-refractivity contribution in [3.05, 3.63) is 76.4 Å². The van der Waals surface area contributed by atoms with Gasteiger partial charge in [0.05, 0.1) is 6.61 Å². The van der Waals surface area contributed by atoms with Crippen molar-refractivity contribution in [1.29, 1.82) is 0 Å². The number of amides is 1. The molecule has 0 aliphatic carbocycles. The Morgan fingerprint density at radius 3 is 2.65 bits per heavy atom. The molecule has 6 heteroatoms. The number of fused-ring (bicyclic) bond motifs is 1. The Morgan fingerprint density at radius 2 is 1.85 bits per heavy atom. The summed E-state index contributed by atoms with van der Waals surface area (Å²) in [7, 11) is 0. The van der Waals surface area contributed by atoms with Gasteiger partial charge in [-0.25, -0.2) is 9.18 Å². The van der Waals surface area contributed by atoms with Crippen LogP contribution in [0, 0.1) is 5.82 Å². The van der Waals surface area contributed by atoms with Crippen LogP contribution in [0.25, 0.3) is 11.0 Å². The van der Waals surface area contributed by atoms with Gasteiger partial charge in [-0.2, -0.15) is 0 Å². The summed E-state index contributed by atoms with van der Waals surface area (Å²) in [5, 5.41) is 3.41. The maximum atomic E-state index is 12.8. The van der Waals surface area contributed by atoms with Crippen LogP contribution in [0.4, 0.5) is 4.39 Å². The van der Waals surface area contributed by atoms with Crippen LogP contribution in [-0.2, 0) is 0 Å². The molecule has 0 unspecified atom stereocenters. The van der Waals surface area contributed by atoms with Gasteiger partial charge in [-0.1, -0.05) is 18.2 Å². The highest BCUT2D eigenvalue weighted by atomic mass is 19.1. The van der Waals surface area contributed by atoms with E-state index in [1.165, 1.54) is 18.2 Å². The highest BCUT2D eigenvalue weighted by molar-refractivity contribution is 5.96. The lowest BCUT2D eigenvalue weighted by molar-refractivity contribution is 0.0949. The second-order valence-corrected chi connectivity index (χ2v) is 5.75. The lowest BCUT2D eigenvalue weighted by Gasteiger charge is -2.07. The maximum absolute atomic E-state index is 12.8. The smallest absolute Gasteiger partial charge is 0.349 e. The SMILES string of the molecule is O=C(NCCCCOc1ccc(F)cc1)c1cc2ccccc2oc1=O. The molecule has 1 N–H and O–H groups in total. The monoisotopic (exact) mass is 355 g/mol. The van der Waals surface area contributed by atoms with Gasteiger partial charge in [0.1, 0.15) is 22.7 Å². The summed E-state index contributed by atoms with van der Waals surface area (Å²) in [4.78, 5) is 24.1. The summed E-state index contributed by atoms with van der Waals surface area (Å²) in [6, 6.07) is 14.4. The Labute approximate surface area is 149 Å². The summed E-state index contributed by atoms with van der Waals surface area (Å²) < 4.78 is 23.4. The van der Waals surface area contributed by atoms with Crippen LogP contribution in [0.5, 0.6) is 5.75 Å². The van der Waals surface area contributed by atoms with Gasteiger partial charge in [-0.15, -0.1) is 0 Å². The molecule has 0 saturated heterocycles. The Balaban J connectivity index is 1.45. The number of carbonyl (C=O) groups excluding carboxylic acids is 1. The molecule has 0 radical (unpaired) electrons.